The predicted octanol–water partition coefficient (Wildman–Crippen LogP) is 1.94. The van der Waals surface area contributed by atoms with Gasteiger partial charge in [0.05, 0.1) is 0 Å². The van der Waals surface area contributed by atoms with Crippen LogP contribution in [0.3, 0.4) is 0 Å². The molecular weight excluding hydrogens is 231 g/mol. The predicted molar refractivity (Wildman–Crippen MR) is 69.8 cm³/mol. The van der Waals surface area contributed by atoms with Gasteiger partial charge in [0.15, 0.2) is 0 Å². The van der Waals surface area contributed by atoms with E-state index in [2.05, 4.69) is 11.9 Å². The Bertz CT molecular complexity index is 380. The zero-order chi connectivity index (χ0) is 13.0. The van der Waals surface area contributed by atoms with E-state index in [9.17, 15) is 4.39 Å². The molecule has 0 bridgehead atoms. The van der Waals surface area contributed by atoms with Crippen LogP contribution in [0.4, 0.5) is 4.39 Å². The van der Waals surface area contributed by atoms with E-state index in [0.29, 0.717) is 6.04 Å². The summed E-state index contributed by atoms with van der Waals surface area (Å²) in [6, 6.07) is 6.93. The normalized spacial score (nSPS) is 19.1. The molecule has 1 aromatic carbocycles. The highest BCUT2D eigenvalue weighted by Gasteiger charge is 2.20. The van der Waals surface area contributed by atoms with Gasteiger partial charge >= 0.3 is 0 Å². The Hall–Kier alpha value is -0.970. The van der Waals surface area contributed by atoms with Crippen LogP contribution < -0.4 is 5.73 Å². The first-order valence-corrected chi connectivity index (χ1v) is 6.46. The van der Waals surface area contributed by atoms with E-state index >= 15 is 0 Å². The van der Waals surface area contributed by atoms with Crippen LogP contribution >= 0.6 is 0 Å². The molecule has 1 aliphatic rings. The van der Waals surface area contributed by atoms with Gasteiger partial charge in [-0.15, -0.1) is 0 Å². The minimum atomic E-state index is -0.225. The van der Waals surface area contributed by atoms with Crippen LogP contribution in [0.5, 0.6) is 0 Å². The van der Waals surface area contributed by atoms with Crippen molar-refractivity contribution >= 4 is 0 Å². The highest BCUT2D eigenvalue weighted by Crippen LogP contribution is 2.17. The second-order valence-electron chi connectivity index (χ2n) is 4.94. The lowest BCUT2D eigenvalue weighted by Gasteiger charge is -2.32. The molecule has 0 aromatic heterocycles. The number of nitrogens with two attached hydrogens (primary N) is 1. The van der Waals surface area contributed by atoms with Gasteiger partial charge in [0.1, 0.15) is 5.82 Å². The van der Waals surface area contributed by atoms with E-state index in [-0.39, 0.29) is 11.9 Å². The quantitative estimate of drug-likeness (QED) is 0.890. The summed E-state index contributed by atoms with van der Waals surface area (Å²) in [6.07, 6.45) is 2.10. The Morgan fingerprint density at radius 2 is 2.17 bits per heavy atom. The zero-order valence-corrected chi connectivity index (χ0v) is 10.8. The number of likely N-dealkylation sites (N-methyl/N-ethyl adjacent to an activating group) is 1. The van der Waals surface area contributed by atoms with Crippen molar-refractivity contribution in [2.24, 2.45) is 5.73 Å². The SMILES string of the molecule is CN(CC(N)c1cccc(F)c1)C1CCOCC1. The molecule has 1 aliphatic heterocycles. The van der Waals surface area contributed by atoms with Gasteiger partial charge in [0.2, 0.25) is 0 Å². The lowest BCUT2D eigenvalue weighted by molar-refractivity contribution is 0.0413. The van der Waals surface area contributed by atoms with Crippen molar-refractivity contribution in [3.05, 3.63) is 35.6 Å². The molecule has 1 fully saturated rings. The summed E-state index contributed by atoms with van der Waals surface area (Å²) in [5.74, 6) is -0.225. The molecule has 0 amide bonds. The number of nitrogens with zero attached hydrogens (tertiary/aromatic N) is 1. The second kappa shape index (κ2) is 6.27. The molecule has 1 unspecified atom stereocenters. The highest BCUT2D eigenvalue weighted by molar-refractivity contribution is 5.20. The summed E-state index contributed by atoms with van der Waals surface area (Å²) in [6.45, 7) is 2.39. The summed E-state index contributed by atoms with van der Waals surface area (Å²) in [7, 11) is 2.08. The van der Waals surface area contributed by atoms with Crippen LogP contribution in [-0.2, 0) is 4.74 Å². The molecule has 1 saturated heterocycles. The molecule has 2 rings (SSSR count). The second-order valence-corrected chi connectivity index (χ2v) is 4.94. The van der Waals surface area contributed by atoms with E-state index in [1.165, 1.54) is 12.1 Å². The van der Waals surface area contributed by atoms with Gasteiger partial charge in [0.25, 0.3) is 0 Å². The van der Waals surface area contributed by atoms with Crippen LogP contribution in [0.15, 0.2) is 24.3 Å². The largest absolute Gasteiger partial charge is 0.381 e. The highest BCUT2D eigenvalue weighted by atomic mass is 19.1. The van der Waals surface area contributed by atoms with Crippen molar-refractivity contribution < 1.29 is 9.13 Å². The zero-order valence-electron chi connectivity index (χ0n) is 10.8. The number of ether oxygens (including phenoxy) is 1. The molecule has 4 heteroatoms. The Morgan fingerprint density at radius 3 is 2.83 bits per heavy atom. The standard InChI is InChI=1S/C14H21FN2O/c1-17(13-5-7-18-8-6-13)10-14(16)11-3-2-4-12(15)9-11/h2-4,9,13-14H,5-8,10,16H2,1H3. The van der Waals surface area contributed by atoms with Crippen LogP contribution in [0.25, 0.3) is 0 Å². The molecule has 1 heterocycles. The van der Waals surface area contributed by atoms with Gasteiger partial charge in [-0.1, -0.05) is 12.1 Å². The van der Waals surface area contributed by atoms with E-state index < -0.39 is 0 Å². The molecule has 2 N–H and O–H groups in total. The van der Waals surface area contributed by atoms with Crippen molar-refractivity contribution in [3.8, 4) is 0 Å². The molecule has 0 spiro atoms. The van der Waals surface area contributed by atoms with Crippen molar-refractivity contribution in [3.63, 3.8) is 0 Å². The van der Waals surface area contributed by atoms with Gasteiger partial charge in [-0.3, -0.25) is 0 Å². The third-order valence-corrected chi connectivity index (χ3v) is 3.58. The fourth-order valence-electron chi connectivity index (χ4n) is 2.43. The third-order valence-electron chi connectivity index (χ3n) is 3.58. The van der Waals surface area contributed by atoms with Crippen molar-refractivity contribution in [1.82, 2.24) is 4.90 Å². The van der Waals surface area contributed by atoms with Crippen LogP contribution in [0.1, 0.15) is 24.4 Å². The Balaban J connectivity index is 1.91. The van der Waals surface area contributed by atoms with Crippen molar-refractivity contribution in [2.75, 3.05) is 26.8 Å². The van der Waals surface area contributed by atoms with E-state index in [4.69, 9.17) is 10.5 Å². The first-order valence-electron chi connectivity index (χ1n) is 6.46. The summed E-state index contributed by atoms with van der Waals surface area (Å²) in [4.78, 5) is 2.26. The molecule has 1 aromatic rings. The van der Waals surface area contributed by atoms with Gasteiger partial charge in [-0.05, 0) is 37.6 Å². The molecule has 18 heavy (non-hydrogen) atoms. The first-order chi connectivity index (χ1) is 8.66. The van der Waals surface area contributed by atoms with Crippen LogP contribution in [-0.4, -0.2) is 37.7 Å². The molecule has 0 radical (unpaired) electrons. The topological polar surface area (TPSA) is 38.5 Å². The maximum absolute atomic E-state index is 13.1. The number of rotatable bonds is 4. The minimum absolute atomic E-state index is 0.145. The summed E-state index contributed by atoms with van der Waals surface area (Å²) >= 11 is 0. The maximum Gasteiger partial charge on any atom is 0.123 e. The lowest BCUT2D eigenvalue weighted by atomic mass is 10.0. The lowest BCUT2D eigenvalue weighted by Crippen LogP contribution is -2.40. The third kappa shape index (κ3) is 3.51. The van der Waals surface area contributed by atoms with Gasteiger partial charge in [0, 0.05) is 31.8 Å². The number of benzene rings is 1. The molecule has 1 atom stereocenters. The molecule has 3 nitrogen and oxygen atoms in total. The summed E-state index contributed by atoms with van der Waals surface area (Å²) < 4.78 is 18.5. The molecule has 0 aliphatic carbocycles. The fraction of sp³-hybridized carbons (Fsp3) is 0.571. The van der Waals surface area contributed by atoms with Crippen molar-refractivity contribution in [1.29, 1.82) is 0 Å². The first kappa shape index (κ1) is 13.5. The molecular formula is C14H21FN2O. The Morgan fingerprint density at radius 1 is 1.44 bits per heavy atom. The molecule has 0 saturated carbocycles. The minimum Gasteiger partial charge on any atom is -0.381 e. The number of hydrogen-bond acceptors (Lipinski definition) is 3. The average molecular weight is 252 g/mol. The maximum atomic E-state index is 13.1. The van der Waals surface area contributed by atoms with Gasteiger partial charge in [-0.2, -0.15) is 0 Å². The Kier molecular flexibility index (Phi) is 4.69. The fourth-order valence-corrected chi connectivity index (χ4v) is 2.43. The monoisotopic (exact) mass is 252 g/mol. The van der Waals surface area contributed by atoms with Gasteiger partial charge in [-0.25, -0.2) is 4.39 Å². The number of hydrogen-bond donors (Lipinski definition) is 1. The van der Waals surface area contributed by atoms with Crippen molar-refractivity contribution in [2.45, 2.75) is 24.9 Å². The molecule has 100 valence electrons. The summed E-state index contributed by atoms with van der Waals surface area (Å²) in [5, 5.41) is 0. The number of halogens is 1. The average Bonchev–Trinajstić information content (AvgIpc) is 2.39. The summed E-state index contributed by atoms with van der Waals surface area (Å²) in [5.41, 5.74) is 6.99. The van der Waals surface area contributed by atoms with E-state index in [1.807, 2.05) is 6.07 Å². The van der Waals surface area contributed by atoms with Gasteiger partial charge < -0.3 is 15.4 Å². The van der Waals surface area contributed by atoms with E-state index in [1.54, 1.807) is 6.07 Å². The Labute approximate surface area is 108 Å². The van der Waals surface area contributed by atoms with Crippen LogP contribution in [0.2, 0.25) is 0 Å². The van der Waals surface area contributed by atoms with Crippen LogP contribution in [0, 0.1) is 5.82 Å². The van der Waals surface area contributed by atoms with E-state index in [0.717, 1.165) is 38.2 Å². The smallest absolute Gasteiger partial charge is 0.123 e.